The smallest absolute Gasteiger partial charge is 0.244 e. The average Bonchev–Trinajstić information content (AvgIpc) is 2.83. The predicted molar refractivity (Wildman–Crippen MR) is 85.8 cm³/mol. The highest BCUT2D eigenvalue weighted by atomic mass is 35.5. The summed E-state index contributed by atoms with van der Waals surface area (Å²) in [6.07, 6.45) is 0. The summed E-state index contributed by atoms with van der Waals surface area (Å²) in [5, 5.41) is 0.178. The van der Waals surface area contributed by atoms with E-state index in [-0.39, 0.29) is 33.7 Å². The maximum Gasteiger partial charge on any atom is 0.244 e. The van der Waals surface area contributed by atoms with Crippen LogP contribution in [0.4, 0.5) is 10.1 Å². The van der Waals surface area contributed by atoms with Gasteiger partial charge in [-0.3, -0.25) is 4.79 Å². The number of hydrogen-bond donors (Lipinski definition) is 0. The van der Waals surface area contributed by atoms with Crippen molar-refractivity contribution in [1.82, 2.24) is 0 Å². The number of sulfone groups is 1. The number of rotatable bonds is 1. The first-order valence-corrected chi connectivity index (χ1v) is 9.55. The monoisotopic (exact) mass is 362 g/mol. The first kappa shape index (κ1) is 15.8. The van der Waals surface area contributed by atoms with Crippen LogP contribution in [-0.2, 0) is 14.6 Å². The van der Waals surface area contributed by atoms with E-state index < -0.39 is 15.7 Å². The molecule has 2 aliphatic heterocycles. The molecule has 0 aliphatic carbocycles. The van der Waals surface area contributed by atoms with Gasteiger partial charge < -0.3 is 4.90 Å². The SMILES string of the molecule is CC(=O)N=C1S[C@H]2CS(=O)(=O)C[C@@H]2N1c1ccc(Cl)c(F)c1. The molecule has 3 rings (SSSR count). The van der Waals surface area contributed by atoms with Crippen molar-refractivity contribution in [2.24, 2.45) is 4.99 Å². The molecule has 0 unspecified atom stereocenters. The summed E-state index contributed by atoms with van der Waals surface area (Å²) < 4.78 is 37.4. The molecule has 0 spiro atoms. The molecule has 0 bridgehead atoms. The van der Waals surface area contributed by atoms with Crippen LogP contribution in [-0.4, -0.2) is 42.3 Å². The molecule has 2 saturated heterocycles. The minimum atomic E-state index is -3.14. The topological polar surface area (TPSA) is 66.8 Å². The summed E-state index contributed by atoms with van der Waals surface area (Å²) in [6, 6.07) is 3.87. The van der Waals surface area contributed by atoms with Gasteiger partial charge in [-0.2, -0.15) is 4.99 Å². The summed E-state index contributed by atoms with van der Waals surface area (Å²) in [5.74, 6) is -0.988. The van der Waals surface area contributed by atoms with Crippen LogP contribution < -0.4 is 4.90 Å². The van der Waals surface area contributed by atoms with Crippen molar-refractivity contribution in [3.05, 3.63) is 29.0 Å². The third-order valence-electron chi connectivity index (χ3n) is 3.50. The molecule has 2 fully saturated rings. The van der Waals surface area contributed by atoms with Crippen LogP contribution >= 0.6 is 23.4 Å². The molecule has 2 heterocycles. The number of hydrogen-bond acceptors (Lipinski definition) is 4. The Morgan fingerprint density at radius 1 is 1.45 bits per heavy atom. The molecule has 0 aromatic heterocycles. The second kappa shape index (κ2) is 5.50. The number of amides is 1. The van der Waals surface area contributed by atoms with E-state index in [1.165, 1.54) is 30.8 Å². The number of nitrogens with zero attached hydrogens (tertiary/aromatic N) is 2. The van der Waals surface area contributed by atoms with Crippen LogP contribution in [0.2, 0.25) is 5.02 Å². The molecule has 22 heavy (non-hydrogen) atoms. The van der Waals surface area contributed by atoms with Crippen molar-refractivity contribution in [2.75, 3.05) is 16.4 Å². The zero-order valence-corrected chi connectivity index (χ0v) is 13.9. The normalized spacial score (nSPS) is 28.1. The minimum Gasteiger partial charge on any atom is -0.315 e. The Morgan fingerprint density at radius 3 is 2.82 bits per heavy atom. The zero-order chi connectivity index (χ0) is 16.1. The molecule has 0 radical (unpaired) electrons. The number of halogens is 2. The van der Waals surface area contributed by atoms with Gasteiger partial charge in [-0.15, -0.1) is 0 Å². The van der Waals surface area contributed by atoms with E-state index >= 15 is 0 Å². The largest absolute Gasteiger partial charge is 0.315 e. The van der Waals surface area contributed by atoms with Crippen molar-refractivity contribution >= 4 is 50.0 Å². The maximum absolute atomic E-state index is 13.7. The van der Waals surface area contributed by atoms with Crippen molar-refractivity contribution in [3.63, 3.8) is 0 Å². The molecule has 2 atom stereocenters. The van der Waals surface area contributed by atoms with Gasteiger partial charge in [0, 0.05) is 17.9 Å². The lowest BCUT2D eigenvalue weighted by molar-refractivity contribution is -0.115. The molecule has 1 aromatic carbocycles. The van der Waals surface area contributed by atoms with Crippen molar-refractivity contribution in [2.45, 2.75) is 18.2 Å². The van der Waals surface area contributed by atoms with Gasteiger partial charge >= 0.3 is 0 Å². The van der Waals surface area contributed by atoms with E-state index in [2.05, 4.69) is 4.99 Å². The van der Waals surface area contributed by atoms with Crippen LogP contribution in [0.5, 0.6) is 0 Å². The van der Waals surface area contributed by atoms with Crippen molar-refractivity contribution in [3.8, 4) is 0 Å². The van der Waals surface area contributed by atoms with E-state index in [0.29, 0.717) is 10.9 Å². The van der Waals surface area contributed by atoms with Crippen LogP contribution in [0.3, 0.4) is 0 Å². The average molecular weight is 363 g/mol. The van der Waals surface area contributed by atoms with Crippen LogP contribution in [0.15, 0.2) is 23.2 Å². The quantitative estimate of drug-likeness (QED) is 0.765. The molecule has 1 amide bonds. The minimum absolute atomic E-state index is 0.0174. The fraction of sp³-hybridized carbons (Fsp3) is 0.385. The summed E-state index contributed by atoms with van der Waals surface area (Å²) >= 11 is 6.93. The fourth-order valence-corrected chi connectivity index (χ4v) is 6.71. The van der Waals surface area contributed by atoms with E-state index in [9.17, 15) is 17.6 Å². The Labute approximate surface area is 136 Å². The number of fused-ring (bicyclic) bond motifs is 1. The Bertz CT molecular complexity index is 781. The number of benzene rings is 1. The molecule has 5 nitrogen and oxygen atoms in total. The standard InChI is InChI=1S/C13H12ClFN2O3S2/c1-7(18)16-13-17(8-2-3-9(14)10(15)4-8)11-5-22(19,20)6-12(11)21-13/h2-4,11-12H,5-6H2,1H3/t11-,12-/m0/s1. The number of carbonyl (C=O) groups is 1. The van der Waals surface area contributed by atoms with Gasteiger partial charge in [-0.1, -0.05) is 23.4 Å². The highest BCUT2D eigenvalue weighted by Crippen LogP contribution is 2.41. The lowest BCUT2D eigenvalue weighted by Crippen LogP contribution is -2.37. The summed E-state index contributed by atoms with van der Waals surface area (Å²) in [7, 11) is -3.14. The number of aliphatic imine (C=N–C) groups is 1. The Balaban J connectivity index is 2.06. The van der Waals surface area contributed by atoms with Gasteiger partial charge in [0.1, 0.15) is 5.82 Å². The molecule has 0 N–H and O–H groups in total. The molecule has 1 aromatic rings. The second-order valence-corrected chi connectivity index (χ2v) is 8.95. The molecular formula is C13H12ClFN2O3S2. The first-order valence-electron chi connectivity index (χ1n) is 6.47. The van der Waals surface area contributed by atoms with Gasteiger partial charge in [0.05, 0.1) is 22.6 Å². The van der Waals surface area contributed by atoms with Crippen molar-refractivity contribution in [1.29, 1.82) is 0 Å². The molecule has 0 saturated carbocycles. The maximum atomic E-state index is 13.7. The van der Waals surface area contributed by atoms with Crippen molar-refractivity contribution < 1.29 is 17.6 Å². The number of anilines is 1. The van der Waals surface area contributed by atoms with Gasteiger partial charge in [-0.25, -0.2) is 12.8 Å². The van der Waals surface area contributed by atoms with E-state index in [0.717, 1.165) is 0 Å². The highest BCUT2D eigenvalue weighted by Gasteiger charge is 2.49. The Kier molecular flexibility index (Phi) is 3.94. The summed E-state index contributed by atoms with van der Waals surface area (Å²) in [4.78, 5) is 16.9. The molecule has 118 valence electrons. The third kappa shape index (κ3) is 2.87. The van der Waals surface area contributed by atoms with Crippen LogP contribution in [0.1, 0.15) is 6.92 Å². The lowest BCUT2D eigenvalue weighted by atomic mass is 10.2. The van der Waals surface area contributed by atoms with Gasteiger partial charge in [0.15, 0.2) is 15.0 Å². The lowest BCUT2D eigenvalue weighted by Gasteiger charge is -2.24. The first-order chi connectivity index (χ1) is 10.3. The summed E-state index contributed by atoms with van der Waals surface area (Å²) in [5.41, 5.74) is 0.444. The number of amidine groups is 1. The zero-order valence-electron chi connectivity index (χ0n) is 11.5. The van der Waals surface area contributed by atoms with Gasteiger partial charge in [0.25, 0.3) is 0 Å². The molecule has 2 aliphatic rings. The summed E-state index contributed by atoms with van der Waals surface area (Å²) in [6.45, 7) is 1.32. The van der Waals surface area contributed by atoms with E-state index in [1.54, 1.807) is 11.0 Å². The fourth-order valence-electron chi connectivity index (χ4n) is 2.64. The number of thioether (sulfide) groups is 1. The van der Waals surface area contributed by atoms with Gasteiger partial charge in [0.2, 0.25) is 5.91 Å². The van der Waals surface area contributed by atoms with Crippen LogP contribution in [0.25, 0.3) is 0 Å². The van der Waals surface area contributed by atoms with E-state index in [1.807, 2.05) is 0 Å². The van der Waals surface area contributed by atoms with E-state index in [4.69, 9.17) is 11.6 Å². The Morgan fingerprint density at radius 2 is 2.18 bits per heavy atom. The number of carbonyl (C=O) groups excluding carboxylic acids is 1. The third-order valence-corrected chi connectivity index (χ3v) is 7.02. The molecule has 9 heteroatoms. The van der Waals surface area contributed by atoms with Gasteiger partial charge in [-0.05, 0) is 18.2 Å². The Hall–Kier alpha value is -1.12. The second-order valence-electron chi connectivity index (χ2n) is 5.18. The highest BCUT2D eigenvalue weighted by molar-refractivity contribution is 8.16. The van der Waals surface area contributed by atoms with Crippen LogP contribution in [0, 0.1) is 5.82 Å². The molecular weight excluding hydrogens is 351 g/mol. The predicted octanol–water partition coefficient (Wildman–Crippen LogP) is 2.10.